The van der Waals surface area contributed by atoms with Crippen LogP contribution in [0.5, 0.6) is 0 Å². The van der Waals surface area contributed by atoms with Crippen molar-refractivity contribution in [2.45, 2.75) is 20.3 Å². The van der Waals surface area contributed by atoms with Crippen molar-refractivity contribution in [2.24, 2.45) is 4.99 Å². The molecule has 5 nitrogen and oxygen atoms in total. The molecule has 0 atom stereocenters. The minimum atomic E-state index is 0.705. The van der Waals surface area contributed by atoms with Gasteiger partial charge in [-0.25, -0.2) is 0 Å². The van der Waals surface area contributed by atoms with Crippen LogP contribution in [0.1, 0.15) is 20.3 Å². The van der Waals surface area contributed by atoms with Gasteiger partial charge in [0.2, 0.25) is 0 Å². The summed E-state index contributed by atoms with van der Waals surface area (Å²) in [6, 6.07) is 0. The minimum absolute atomic E-state index is 0.705. The average Bonchev–Trinajstić information content (AvgIpc) is 2.31. The van der Waals surface area contributed by atoms with Gasteiger partial charge in [-0.15, -0.1) is 0 Å². The van der Waals surface area contributed by atoms with Crippen molar-refractivity contribution in [3.05, 3.63) is 0 Å². The summed E-state index contributed by atoms with van der Waals surface area (Å²) < 4.78 is 10.5. The number of rotatable bonds is 9. The predicted molar refractivity (Wildman–Crippen MR) is 67.0 cm³/mol. The first-order valence-electron chi connectivity index (χ1n) is 5.95. The Labute approximate surface area is 98.6 Å². The van der Waals surface area contributed by atoms with E-state index >= 15 is 0 Å². The predicted octanol–water partition coefficient (Wildman–Crippen LogP) is 0.615. The molecule has 0 aromatic carbocycles. The van der Waals surface area contributed by atoms with Crippen LogP contribution in [0.2, 0.25) is 0 Å². The molecule has 0 aromatic heterocycles. The average molecular weight is 231 g/mol. The maximum absolute atomic E-state index is 5.24. The smallest absolute Gasteiger partial charge is 0.191 e. The molecular weight excluding hydrogens is 206 g/mol. The van der Waals surface area contributed by atoms with E-state index in [0.29, 0.717) is 6.61 Å². The second kappa shape index (κ2) is 12.3. The quantitative estimate of drug-likeness (QED) is 0.347. The highest BCUT2D eigenvalue weighted by Gasteiger charge is 1.95. The summed E-state index contributed by atoms with van der Waals surface area (Å²) in [4.78, 5) is 4.10. The van der Waals surface area contributed by atoms with E-state index in [1.54, 1.807) is 7.05 Å². The maximum atomic E-state index is 5.24. The summed E-state index contributed by atoms with van der Waals surface area (Å²) in [5.74, 6) is 0.816. The van der Waals surface area contributed by atoms with E-state index in [2.05, 4.69) is 15.6 Å². The highest BCUT2D eigenvalue weighted by Crippen LogP contribution is 1.80. The molecule has 0 heterocycles. The van der Waals surface area contributed by atoms with Gasteiger partial charge < -0.3 is 20.1 Å². The largest absolute Gasteiger partial charge is 0.382 e. The Balaban J connectivity index is 3.38. The second-order valence-corrected chi connectivity index (χ2v) is 3.17. The zero-order chi connectivity index (χ0) is 12.1. The molecule has 0 unspecified atom stereocenters. The molecule has 96 valence electrons. The van der Waals surface area contributed by atoms with Crippen LogP contribution in [0.3, 0.4) is 0 Å². The van der Waals surface area contributed by atoms with Crippen LogP contribution in [0.4, 0.5) is 0 Å². The van der Waals surface area contributed by atoms with Gasteiger partial charge in [-0.2, -0.15) is 0 Å². The van der Waals surface area contributed by atoms with E-state index < -0.39 is 0 Å². The summed E-state index contributed by atoms with van der Waals surface area (Å²) in [5.41, 5.74) is 0. The monoisotopic (exact) mass is 231 g/mol. The Morgan fingerprint density at radius 2 is 1.62 bits per heavy atom. The Morgan fingerprint density at radius 1 is 1.00 bits per heavy atom. The number of nitrogens with one attached hydrogen (secondary N) is 2. The van der Waals surface area contributed by atoms with Gasteiger partial charge in [-0.1, -0.05) is 0 Å². The topological polar surface area (TPSA) is 54.9 Å². The number of guanidine groups is 1. The Kier molecular flexibility index (Phi) is 11.6. The molecule has 2 N–H and O–H groups in total. The van der Waals surface area contributed by atoms with Crippen LogP contribution in [0.25, 0.3) is 0 Å². The Hall–Kier alpha value is -0.810. The first-order chi connectivity index (χ1) is 7.85. The summed E-state index contributed by atoms with van der Waals surface area (Å²) in [6.07, 6.45) is 0.986. The minimum Gasteiger partial charge on any atom is -0.382 e. The molecular formula is C11H25N3O2. The molecule has 0 amide bonds. The molecule has 0 rings (SSSR count). The van der Waals surface area contributed by atoms with Crippen molar-refractivity contribution in [3.63, 3.8) is 0 Å². The molecule has 0 fully saturated rings. The third kappa shape index (κ3) is 9.73. The molecule has 0 saturated heterocycles. The molecule has 0 spiro atoms. The van der Waals surface area contributed by atoms with Crippen molar-refractivity contribution in [2.75, 3.05) is 46.6 Å². The standard InChI is InChI=1S/C11H25N3O2/c1-4-15-9-6-7-13-11(12-3)14-8-10-16-5-2/h4-10H2,1-3H3,(H2,12,13,14). The molecule has 0 aliphatic carbocycles. The SMILES string of the molecule is CCOCCCNC(=NC)NCCOCC. The van der Waals surface area contributed by atoms with Gasteiger partial charge in [-0.3, -0.25) is 4.99 Å². The van der Waals surface area contributed by atoms with Crippen molar-refractivity contribution in [3.8, 4) is 0 Å². The van der Waals surface area contributed by atoms with E-state index in [0.717, 1.165) is 45.3 Å². The number of ether oxygens (including phenoxy) is 2. The Bertz CT molecular complexity index is 175. The van der Waals surface area contributed by atoms with E-state index in [4.69, 9.17) is 9.47 Å². The number of nitrogens with zero attached hydrogens (tertiary/aromatic N) is 1. The van der Waals surface area contributed by atoms with Crippen molar-refractivity contribution in [1.29, 1.82) is 0 Å². The Morgan fingerprint density at radius 3 is 2.25 bits per heavy atom. The molecule has 0 radical (unpaired) electrons. The van der Waals surface area contributed by atoms with Crippen LogP contribution in [0, 0.1) is 0 Å². The number of hydrogen-bond donors (Lipinski definition) is 2. The molecule has 0 saturated carbocycles. The van der Waals surface area contributed by atoms with Crippen molar-refractivity contribution < 1.29 is 9.47 Å². The van der Waals surface area contributed by atoms with E-state index in [1.165, 1.54) is 0 Å². The molecule has 0 aromatic rings. The first kappa shape index (κ1) is 15.2. The zero-order valence-electron chi connectivity index (χ0n) is 10.7. The highest BCUT2D eigenvalue weighted by molar-refractivity contribution is 5.79. The summed E-state index contributed by atoms with van der Waals surface area (Å²) in [7, 11) is 1.76. The summed E-state index contributed by atoms with van der Waals surface area (Å²) >= 11 is 0. The van der Waals surface area contributed by atoms with E-state index in [1.807, 2.05) is 13.8 Å². The molecule has 0 aliphatic rings. The lowest BCUT2D eigenvalue weighted by molar-refractivity contribution is 0.145. The third-order valence-electron chi connectivity index (χ3n) is 1.93. The van der Waals surface area contributed by atoms with Gasteiger partial charge in [0.15, 0.2) is 5.96 Å². The fourth-order valence-corrected chi connectivity index (χ4v) is 1.13. The molecule has 16 heavy (non-hydrogen) atoms. The fourth-order valence-electron chi connectivity index (χ4n) is 1.13. The highest BCUT2D eigenvalue weighted by atomic mass is 16.5. The third-order valence-corrected chi connectivity index (χ3v) is 1.93. The zero-order valence-corrected chi connectivity index (χ0v) is 10.7. The number of hydrogen-bond acceptors (Lipinski definition) is 3. The van der Waals surface area contributed by atoms with Gasteiger partial charge in [0.25, 0.3) is 0 Å². The van der Waals surface area contributed by atoms with Crippen LogP contribution >= 0.6 is 0 Å². The van der Waals surface area contributed by atoms with Crippen LogP contribution in [-0.4, -0.2) is 52.5 Å². The van der Waals surface area contributed by atoms with E-state index in [9.17, 15) is 0 Å². The van der Waals surface area contributed by atoms with Crippen molar-refractivity contribution >= 4 is 5.96 Å². The molecule has 5 heteroatoms. The first-order valence-corrected chi connectivity index (χ1v) is 5.95. The van der Waals surface area contributed by atoms with Crippen LogP contribution in [0.15, 0.2) is 4.99 Å². The van der Waals surface area contributed by atoms with Gasteiger partial charge >= 0.3 is 0 Å². The second-order valence-electron chi connectivity index (χ2n) is 3.17. The van der Waals surface area contributed by atoms with Gasteiger partial charge in [0.1, 0.15) is 0 Å². The fraction of sp³-hybridized carbons (Fsp3) is 0.909. The van der Waals surface area contributed by atoms with Crippen LogP contribution < -0.4 is 10.6 Å². The van der Waals surface area contributed by atoms with Crippen LogP contribution in [-0.2, 0) is 9.47 Å². The van der Waals surface area contributed by atoms with E-state index in [-0.39, 0.29) is 0 Å². The maximum Gasteiger partial charge on any atom is 0.191 e. The number of aliphatic imine (C=N–C) groups is 1. The molecule has 0 bridgehead atoms. The summed E-state index contributed by atoms with van der Waals surface area (Å²) in [6.45, 7) is 8.66. The lowest BCUT2D eigenvalue weighted by atomic mass is 10.4. The van der Waals surface area contributed by atoms with Gasteiger partial charge in [0.05, 0.1) is 6.61 Å². The lowest BCUT2D eigenvalue weighted by Gasteiger charge is -2.11. The van der Waals surface area contributed by atoms with Gasteiger partial charge in [-0.05, 0) is 20.3 Å². The van der Waals surface area contributed by atoms with Gasteiger partial charge in [0, 0.05) is 40.0 Å². The normalized spacial score (nSPS) is 11.6. The summed E-state index contributed by atoms with van der Waals surface area (Å²) in [5, 5.41) is 6.38. The lowest BCUT2D eigenvalue weighted by Crippen LogP contribution is -2.39. The van der Waals surface area contributed by atoms with Crippen molar-refractivity contribution in [1.82, 2.24) is 10.6 Å². The molecule has 0 aliphatic heterocycles.